The van der Waals surface area contributed by atoms with Crippen LogP contribution in [0.15, 0.2) is 12.1 Å². The summed E-state index contributed by atoms with van der Waals surface area (Å²) in [7, 11) is 0. The summed E-state index contributed by atoms with van der Waals surface area (Å²) in [5, 5.41) is 3.60. The Kier molecular flexibility index (Phi) is 5.01. The Balaban J connectivity index is 1.95. The predicted octanol–water partition coefficient (Wildman–Crippen LogP) is 2.87. The van der Waals surface area contributed by atoms with Crippen LogP contribution in [0.5, 0.6) is 0 Å². The van der Waals surface area contributed by atoms with E-state index in [-0.39, 0.29) is 0 Å². The van der Waals surface area contributed by atoms with E-state index in [1.54, 1.807) is 0 Å². The number of ether oxygens (including phenoxy) is 1. The van der Waals surface area contributed by atoms with E-state index in [1.807, 2.05) is 11.3 Å². The van der Waals surface area contributed by atoms with Crippen LogP contribution in [0, 0.1) is 5.92 Å². The summed E-state index contributed by atoms with van der Waals surface area (Å²) in [5.74, 6) is 0.645. The second kappa shape index (κ2) is 6.53. The lowest BCUT2D eigenvalue weighted by atomic mass is 9.92. The minimum absolute atomic E-state index is 0.640. The Hall–Kier alpha value is -0.380. The van der Waals surface area contributed by atoms with Crippen LogP contribution in [0.2, 0.25) is 0 Å². The van der Waals surface area contributed by atoms with Gasteiger partial charge in [0.15, 0.2) is 0 Å². The molecule has 2 unspecified atom stereocenters. The zero-order chi connectivity index (χ0) is 12.1. The molecule has 2 rings (SSSR count). The van der Waals surface area contributed by atoms with Gasteiger partial charge in [0.05, 0.1) is 6.61 Å². The molecule has 1 aromatic rings. The fraction of sp³-hybridized carbons (Fsp3) is 0.714. The molecule has 1 N–H and O–H groups in total. The highest BCUT2D eigenvalue weighted by Crippen LogP contribution is 2.24. The van der Waals surface area contributed by atoms with Crippen LogP contribution in [0.25, 0.3) is 0 Å². The van der Waals surface area contributed by atoms with E-state index in [0.717, 1.165) is 32.6 Å². The van der Waals surface area contributed by atoms with E-state index in [9.17, 15) is 0 Å². The van der Waals surface area contributed by atoms with Gasteiger partial charge in [-0.2, -0.15) is 0 Å². The van der Waals surface area contributed by atoms with Crippen LogP contribution in [0.4, 0.5) is 0 Å². The van der Waals surface area contributed by atoms with Crippen molar-refractivity contribution in [2.24, 2.45) is 5.92 Å². The standard InChI is InChI=1S/C14H23NOS/c1-3-12-5-6-13(17-12)9-11-10-16-8-7-14(11)15-4-2/h5-6,11,14-15H,3-4,7-10H2,1-2H3. The van der Waals surface area contributed by atoms with E-state index in [1.165, 1.54) is 16.2 Å². The van der Waals surface area contributed by atoms with Gasteiger partial charge < -0.3 is 10.1 Å². The van der Waals surface area contributed by atoms with Gasteiger partial charge in [-0.15, -0.1) is 11.3 Å². The van der Waals surface area contributed by atoms with Gasteiger partial charge in [0.25, 0.3) is 0 Å². The zero-order valence-corrected chi connectivity index (χ0v) is 11.7. The first kappa shape index (κ1) is 13.1. The lowest BCUT2D eigenvalue weighted by molar-refractivity contribution is 0.0329. The Bertz CT molecular complexity index is 335. The molecular weight excluding hydrogens is 230 g/mol. The first-order chi connectivity index (χ1) is 8.33. The van der Waals surface area contributed by atoms with Gasteiger partial charge in [0.2, 0.25) is 0 Å². The van der Waals surface area contributed by atoms with Crippen LogP contribution in [0.3, 0.4) is 0 Å². The molecule has 1 aliphatic rings. The fourth-order valence-electron chi connectivity index (χ4n) is 2.51. The van der Waals surface area contributed by atoms with Crippen LogP contribution < -0.4 is 5.32 Å². The summed E-state index contributed by atoms with van der Waals surface area (Å²) in [6.45, 7) is 7.30. The summed E-state index contributed by atoms with van der Waals surface area (Å²) >= 11 is 1.96. The molecule has 17 heavy (non-hydrogen) atoms. The molecule has 1 fully saturated rings. The lowest BCUT2D eigenvalue weighted by Gasteiger charge is -2.31. The number of nitrogens with one attached hydrogen (secondary N) is 1. The Morgan fingerprint density at radius 3 is 2.88 bits per heavy atom. The first-order valence-corrected chi connectivity index (χ1v) is 7.53. The number of thiophene rings is 1. The van der Waals surface area contributed by atoms with Crippen molar-refractivity contribution in [2.45, 2.75) is 39.2 Å². The number of hydrogen-bond donors (Lipinski definition) is 1. The molecule has 1 aromatic heterocycles. The minimum atomic E-state index is 0.640. The molecule has 3 heteroatoms. The van der Waals surface area contributed by atoms with Gasteiger partial charge in [-0.25, -0.2) is 0 Å². The van der Waals surface area contributed by atoms with Crippen molar-refractivity contribution in [1.82, 2.24) is 5.32 Å². The highest BCUT2D eigenvalue weighted by molar-refractivity contribution is 7.11. The van der Waals surface area contributed by atoms with Crippen molar-refractivity contribution in [3.63, 3.8) is 0 Å². The van der Waals surface area contributed by atoms with Crippen molar-refractivity contribution >= 4 is 11.3 Å². The molecule has 2 nitrogen and oxygen atoms in total. The maximum Gasteiger partial charge on any atom is 0.0512 e. The third kappa shape index (κ3) is 3.54. The fourth-order valence-corrected chi connectivity index (χ4v) is 3.56. The number of rotatable bonds is 5. The molecule has 0 bridgehead atoms. The summed E-state index contributed by atoms with van der Waals surface area (Å²) in [6, 6.07) is 5.20. The van der Waals surface area contributed by atoms with Gasteiger partial charge in [-0.05, 0) is 37.9 Å². The molecule has 0 aromatic carbocycles. The average molecular weight is 253 g/mol. The molecule has 2 atom stereocenters. The van der Waals surface area contributed by atoms with Crippen molar-refractivity contribution < 1.29 is 4.74 Å². The smallest absolute Gasteiger partial charge is 0.0512 e. The van der Waals surface area contributed by atoms with Gasteiger partial charge in [-0.1, -0.05) is 13.8 Å². The van der Waals surface area contributed by atoms with E-state index in [2.05, 4.69) is 31.3 Å². The molecule has 0 saturated carbocycles. The Morgan fingerprint density at radius 2 is 2.18 bits per heavy atom. The topological polar surface area (TPSA) is 21.3 Å². The predicted molar refractivity (Wildman–Crippen MR) is 73.8 cm³/mol. The summed E-state index contributed by atoms with van der Waals surface area (Å²) in [4.78, 5) is 3.01. The van der Waals surface area contributed by atoms with Crippen molar-refractivity contribution in [3.05, 3.63) is 21.9 Å². The summed E-state index contributed by atoms with van der Waals surface area (Å²) < 4.78 is 5.63. The zero-order valence-electron chi connectivity index (χ0n) is 10.9. The largest absolute Gasteiger partial charge is 0.381 e. The monoisotopic (exact) mass is 253 g/mol. The number of aryl methyl sites for hydroxylation is 1. The molecule has 1 aliphatic heterocycles. The summed E-state index contributed by atoms with van der Waals surface area (Å²) in [6.07, 6.45) is 3.48. The van der Waals surface area contributed by atoms with Gasteiger partial charge in [0.1, 0.15) is 0 Å². The molecule has 1 saturated heterocycles. The van der Waals surface area contributed by atoms with Crippen molar-refractivity contribution in [1.29, 1.82) is 0 Å². The van der Waals surface area contributed by atoms with Crippen molar-refractivity contribution in [2.75, 3.05) is 19.8 Å². The van der Waals surface area contributed by atoms with E-state index in [0.29, 0.717) is 12.0 Å². The third-order valence-electron chi connectivity index (χ3n) is 3.47. The highest BCUT2D eigenvalue weighted by Gasteiger charge is 2.25. The maximum atomic E-state index is 5.63. The van der Waals surface area contributed by atoms with Crippen LogP contribution in [-0.4, -0.2) is 25.8 Å². The minimum Gasteiger partial charge on any atom is -0.381 e. The molecule has 0 spiro atoms. The van der Waals surface area contributed by atoms with Crippen LogP contribution in [-0.2, 0) is 17.6 Å². The highest BCUT2D eigenvalue weighted by atomic mass is 32.1. The van der Waals surface area contributed by atoms with Crippen LogP contribution >= 0.6 is 11.3 Å². The second-order valence-corrected chi connectivity index (χ2v) is 5.97. The molecule has 0 amide bonds. The Morgan fingerprint density at radius 1 is 1.35 bits per heavy atom. The van der Waals surface area contributed by atoms with Crippen molar-refractivity contribution in [3.8, 4) is 0 Å². The average Bonchev–Trinajstić information content (AvgIpc) is 2.80. The lowest BCUT2D eigenvalue weighted by Crippen LogP contribution is -2.43. The second-order valence-electron chi connectivity index (χ2n) is 4.71. The molecule has 0 radical (unpaired) electrons. The molecule has 96 valence electrons. The Labute approximate surface area is 108 Å². The van der Waals surface area contributed by atoms with Gasteiger partial charge >= 0.3 is 0 Å². The van der Waals surface area contributed by atoms with Gasteiger partial charge in [-0.3, -0.25) is 0 Å². The quantitative estimate of drug-likeness (QED) is 0.871. The van der Waals surface area contributed by atoms with E-state index in [4.69, 9.17) is 4.74 Å². The molecule has 0 aliphatic carbocycles. The van der Waals surface area contributed by atoms with Gasteiger partial charge in [0, 0.05) is 28.3 Å². The number of hydrogen-bond acceptors (Lipinski definition) is 3. The van der Waals surface area contributed by atoms with Crippen LogP contribution in [0.1, 0.15) is 30.0 Å². The van der Waals surface area contributed by atoms with E-state index >= 15 is 0 Å². The first-order valence-electron chi connectivity index (χ1n) is 6.72. The SMILES string of the molecule is CCNC1CCOCC1Cc1ccc(CC)s1. The summed E-state index contributed by atoms with van der Waals surface area (Å²) in [5.41, 5.74) is 0. The molecule has 2 heterocycles. The molecular formula is C14H23NOS. The third-order valence-corrected chi connectivity index (χ3v) is 4.72. The van der Waals surface area contributed by atoms with E-state index < -0.39 is 0 Å². The normalized spacial score (nSPS) is 25.1. The maximum absolute atomic E-state index is 5.63.